The van der Waals surface area contributed by atoms with Gasteiger partial charge in [0.15, 0.2) is 11.5 Å². The molecule has 0 atom stereocenters. The van der Waals surface area contributed by atoms with Crippen LogP contribution in [0.4, 0.5) is 0 Å². The van der Waals surface area contributed by atoms with Gasteiger partial charge in [0.2, 0.25) is 0 Å². The number of benzene rings is 2. The normalized spacial score (nSPS) is 13.2. The van der Waals surface area contributed by atoms with Crippen LogP contribution in [0.3, 0.4) is 0 Å². The van der Waals surface area contributed by atoms with Crippen molar-refractivity contribution >= 4 is 27.5 Å². The molecule has 3 nitrogen and oxygen atoms in total. The molecule has 1 aliphatic rings. The Morgan fingerprint density at radius 2 is 1.71 bits per heavy atom. The lowest BCUT2D eigenvalue weighted by molar-refractivity contribution is 0.170. The predicted octanol–water partition coefficient (Wildman–Crippen LogP) is 4.16. The van der Waals surface area contributed by atoms with Crippen LogP contribution >= 0.6 is 27.5 Å². The summed E-state index contributed by atoms with van der Waals surface area (Å²) in [5.74, 6) is 1.60. The number of hydrogen-bond donors (Lipinski definition) is 1. The van der Waals surface area contributed by atoms with Gasteiger partial charge in [0.1, 0.15) is 13.2 Å². The maximum absolute atomic E-state index is 5.88. The van der Waals surface area contributed by atoms with Crippen LogP contribution in [0, 0.1) is 0 Å². The molecule has 2 aromatic carbocycles. The lowest BCUT2D eigenvalue weighted by atomic mass is 10.1. The van der Waals surface area contributed by atoms with Crippen molar-refractivity contribution in [2.75, 3.05) is 13.2 Å². The van der Waals surface area contributed by atoms with E-state index < -0.39 is 0 Å². The second-order valence-corrected chi connectivity index (χ2v) is 6.12. The topological polar surface area (TPSA) is 30.5 Å². The van der Waals surface area contributed by atoms with E-state index in [0.29, 0.717) is 13.2 Å². The highest BCUT2D eigenvalue weighted by Gasteiger charge is 2.16. The molecule has 0 saturated carbocycles. The molecule has 3 rings (SSSR count). The minimum atomic E-state index is 0.597. The largest absolute Gasteiger partial charge is 0.486 e. The zero-order valence-corrected chi connectivity index (χ0v) is 13.7. The first kappa shape index (κ1) is 14.7. The first-order valence-electron chi connectivity index (χ1n) is 6.75. The summed E-state index contributed by atoms with van der Waals surface area (Å²) in [5.41, 5.74) is 2.36. The third kappa shape index (κ3) is 3.70. The Hall–Kier alpha value is -1.23. The number of nitrogens with one attached hydrogen (secondary N) is 1. The van der Waals surface area contributed by atoms with E-state index in [-0.39, 0.29) is 0 Å². The average Bonchev–Trinajstić information content (AvgIpc) is 2.49. The summed E-state index contributed by atoms with van der Waals surface area (Å²) >= 11 is 9.41. The second kappa shape index (κ2) is 6.69. The summed E-state index contributed by atoms with van der Waals surface area (Å²) in [6, 6.07) is 11.9. The molecule has 0 saturated heterocycles. The fourth-order valence-corrected chi connectivity index (χ4v) is 2.95. The van der Waals surface area contributed by atoms with Crippen molar-refractivity contribution in [2.45, 2.75) is 13.1 Å². The summed E-state index contributed by atoms with van der Waals surface area (Å²) < 4.78 is 12.1. The molecular weight excluding hydrogens is 354 g/mol. The number of ether oxygens (including phenoxy) is 2. The van der Waals surface area contributed by atoms with Crippen LogP contribution in [-0.2, 0) is 13.1 Å². The van der Waals surface area contributed by atoms with Gasteiger partial charge in [-0.1, -0.05) is 23.7 Å². The Morgan fingerprint density at radius 1 is 1.00 bits per heavy atom. The monoisotopic (exact) mass is 367 g/mol. The smallest absolute Gasteiger partial charge is 0.175 e. The lowest BCUT2D eigenvalue weighted by Gasteiger charge is -2.20. The number of fused-ring (bicyclic) bond motifs is 1. The Balaban J connectivity index is 1.63. The summed E-state index contributed by atoms with van der Waals surface area (Å²) in [7, 11) is 0. The highest BCUT2D eigenvalue weighted by atomic mass is 79.9. The van der Waals surface area contributed by atoms with Crippen molar-refractivity contribution in [3.8, 4) is 11.5 Å². The van der Waals surface area contributed by atoms with Crippen LogP contribution in [-0.4, -0.2) is 13.2 Å². The molecule has 1 aliphatic heterocycles. The van der Waals surface area contributed by atoms with Crippen molar-refractivity contribution in [1.29, 1.82) is 0 Å². The Morgan fingerprint density at radius 3 is 2.52 bits per heavy atom. The van der Waals surface area contributed by atoms with Gasteiger partial charge in [0, 0.05) is 18.1 Å². The zero-order chi connectivity index (χ0) is 14.7. The standard InChI is InChI=1S/C16H15BrClNO2/c17-14-7-12(8-15-16(14)21-6-5-20-15)10-19-9-11-1-3-13(18)4-2-11/h1-4,7-8,19H,5-6,9-10H2. The van der Waals surface area contributed by atoms with Gasteiger partial charge in [0.05, 0.1) is 4.47 Å². The Bertz CT molecular complexity index is 631. The van der Waals surface area contributed by atoms with Gasteiger partial charge >= 0.3 is 0 Å². The Labute approximate surface area is 137 Å². The number of halogens is 2. The van der Waals surface area contributed by atoms with Crippen molar-refractivity contribution < 1.29 is 9.47 Å². The SMILES string of the molecule is Clc1ccc(CNCc2cc(Br)c3c(c2)OCCO3)cc1. The van der Waals surface area contributed by atoms with Gasteiger partial charge < -0.3 is 14.8 Å². The van der Waals surface area contributed by atoms with Gasteiger partial charge in [-0.2, -0.15) is 0 Å². The zero-order valence-electron chi connectivity index (χ0n) is 11.4. The van der Waals surface area contributed by atoms with E-state index in [1.165, 1.54) is 5.56 Å². The third-order valence-corrected chi connectivity index (χ3v) is 4.07. The van der Waals surface area contributed by atoms with E-state index in [1.807, 2.05) is 30.3 Å². The quantitative estimate of drug-likeness (QED) is 0.879. The lowest BCUT2D eigenvalue weighted by Crippen LogP contribution is -2.17. The van der Waals surface area contributed by atoms with E-state index in [9.17, 15) is 0 Å². The molecule has 0 fully saturated rings. The van der Waals surface area contributed by atoms with E-state index >= 15 is 0 Å². The van der Waals surface area contributed by atoms with Gasteiger partial charge in [0.25, 0.3) is 0 Å². The molecule has 21 heavy (non-hydrogen) atoms. The van der Waals surface area contributed by atoms with Gasteiger partial charge in [-0.05, 0) is 51.3 Å². The molecule has 110 valence electrons. The molecule has 0 spiro atoms. The van der Waals surface area contributed by atoms with Gasteiger partial charge in [-0.25, -0.2) is 0 Å². The van der Waals surface area contributed by atoms with Crippen molar-refractivity contribution in [2.24, 2.45) is 0 Å². The fourth-order valence-electron chi connectivity index (χ4n) is 2.22. The van der Waals surface area contributed by atoms with Crippen LogP contribution in [0.25, 0.3) is 0 Å². The predicted molar refractivity (Wildman–Crippen MR) is 87.1 cm³/mol. The average molecular weight is 369 g/mol. The maximum Gasteiger partial charge on any atom is 0.175 e. The summed E-state index contributed by atoms with van der Waals surface area (Å²) in [4.78, 5) is 0. The number of rotatable bonds is 4. The van der Waals surface area contributed by atoms with E-state index in [4.69, 9.17) is 21.1 Å². The summed E-state index contributed by atoms with van der Waals surface area (Å²) in [5, 5.41) is 4.17. The molecule has 0 amide bonds. The van der Waals surface area contributed by atoms with Crippen LogP contribution in [0.15, 0.2) is 40.9 Å². The molecule has 0 bridgehead atoms. The Kier molecular flexibility index (Phi) is 4.68. The molecule has 0 unspecified atom stereocenters. The second-order valence-electron chi connectivity index (χ2n) is 4.83. The first-order valence-corrected chi connectivity index (χ1v) is 7.92. The van der Waals surface area contributed by atoms with Crippen molar-refractivity contribution in [1.82, 2.24) is 5.32 Å². The molecule has 1 N–H and O–H groups in total. The fraction of sp³-hybridized carbons (Fsp3) is 0.250. The minimum Gasteiger partial charge on any atom is -0.486 e. The first-order chi connectivity index (χ1) is 10.2. The van der Waals surface area contributed by atoms with Crippen LogP contribution < -0.4 is 14.8 Å². The molecule has 0 aliphatic carbocycles. The van der Waals surface area contributed by atoms with Gasteiger partial charge in [-0.15, -0.1) is 0 Å². The van der Waals surface area contributed by atoms with E-state index in [1.54, 1.807) is 0 Å². The highest BCUT2D eigenvalue weighted by Crippen LogP contribution is 2.38. The molecule has 1 heterocycles. The van der Waals surface area contributed by atoms with Crippen molar-refractivity contribution in [3.63, 3.8) is 0 Å². The molecule has 2 aromatic rings. The van der Waals surface area contributed by atoms with Crippen molar-refractivity contribution in [3.05, 3.63) is 57.0 Å². The molecule has 0 radical (unpaired) electrons. The van der Waals surface area contributed by atoms with E-state index in [0.717, 1.165) is 39.6 Å². The minimum absolute atomic E-state index is 0.597. The maximum atomic E-state index is 5.88. The summed E-state index contributed by atoms with van der Waals surface area (Å²) in [6.07, 6.45) is 0. The van der Waals surface area contributed by atoms with Gasteiger partial charge in [-0.3, -0.25) is 0 Å². The highest BCUT2D eigenvalue weighted by molar-refractivity contribution is 9.10. The molecule has 0 aromatic heterocycles. The number of hydrogen-bond acceptors (Lipinski definition) is 3. The van der Waals surface area contributed by atoms with Crippen LogP contribution in [0.2, 0.25) is 5.02 Å². The van der Waals surface area contributed by atoms with E-state index in [2.05, 4.69) is 27.3 Å². The third-order valence-electron chi connectivity index (χ3n) is 3.23. The van der Waals surface area contributed by atoms with Crippen LogP contribution in [0.1, 0.15) is 11.1 Å². The summed E-state index contributed by atoms with van der Waals surface area (Å²) in [6.45, 7) is 2.75. The molecule has 5 heteroatoms. The molecular formula is C16H15BrClNO2. The van der Waals surface area contributed by atoms with Crippen LogP contribution in [0.5, 0.6) is 11.5 Å².